The van der Waals surface area contributed by atoms with Gasteiger partial charge in [0.05, 0.1) is 12.2 Å². The summed E-state index contributed by atoms with van der Waals surface area (Å²) in [5, 5.41) is 19.4. The van der Waals surface area contributed by atoms with Crippen molar-refractivity contribution in [1.82, 2.24) is 24.5 Å². The third-order valence-corrected chi connectivity index (χ3v) is 6.28. The van der Waals surface area contributed by atoms with E-state index in [4.69, 9.17) is 10.4 Å². The number of nitriles is 1. The molecule has 1 fully saturated rings. The van der Waals surface area contributed by atoms with Crippen molar-refractivity contribution in [3.8, 4) is 16.5 Å². The number of rotatable bonds is 2. The molecule has 0 N–H and O–H groups in total. The van der Waals surface area contributed by atoms with Gasteiger partial charge in [0, 0.05) is 30.2 Å². The van der Waals surface area contributed by atoms with Gasteiger partial charge in [-0.25, -0.2) is 14.6 Å². The molecule has 3 aromatic heterocycles. The third-order valence-electron chi connectivity index (χ3n) is 5.27. The van der Waals surface area contributed by atoms with E-state index in [1.54, 1.807) is 17.9 Å². The number of fused-ring (bicyclic) bond motifs is 2. The molecule has 0 spiro atoms. The largest absolute Gasteiger partial charge is 0.274 e. The molecule has 4 aromatic rings. The Balaban J connectivity index is 1.46. The molecule has 0 saturated carbocycles. The fourth-order valence-electron chi connectivity index (χ4n) is 3.85. The van der Waals surface area contributed by atoms with Crippen molar-refractivity contribution >= 4 is 39.3 Å². The van der Waals surface area contributed by atoms with Crippen LogP contribution in [0.15, 0.2) is 24.5 Å². The molecule has 1 saturated heterocycles. The highest BCUT2D eigenvalue weighted by Gasteiger charge is 2.26. The van der Waals surface area contributed by atoms with E-state index in [0.29, 0.717) is 11.6 Å². The van der Waals surface area contributed by atoms with Crippen LogP contribution in [-0.4, -0.2) is 31.3 Å². The number of hydrogen-bond acceptors (Lipinski definition) is 5. The molecule has 134 valence electrons. The number of benzene rings is 1. The maximum absolute atomic E-state index is 14.4. The molecule has 0 amide bonds. The van der Waals surface area contributed by atoms with Crippen molar-refractivity contribution in [3.05, 3.63) is 30.3 Å². The lowest BCUT2D eigenvalue weighted by Gasteiger charge is -2.23. The first-order chi connectivity index (χ1) is 13.1. The summed E-state index contributed by atoms with van der Waals surface area (Å²) >= 11 is 1.48. The van der Waals surface area contributed by atoms with Gasteiger partial charge in [0.2, 0.25) is 0 Å². The number of aromatic nitrogens is 5. The monoisotopic (exact) mass is 378 g/mol. The van der Waals surface area contributed by atoms with Crippen LogP contribution in [0.5, 0.6) is 0 Å². The van der Waals surface area contributed by atoms with Gasteiger partial charge in [0.25, 0.3) is 6.71 Å². The van der Waals surface area contributed by atoms with Crippen LogP contribution in [0.1, 0.15) is 18.9 Å². The van der Waals surface area contributed by atoms with Crippen molar-refractivity contribution in [2.75, 3.05) is 0 Å². The van der Waals surface area contributed by atoms with E-state index in [0.717, 1.165) is 51.8 Å². The highest BCUT2D eigenvalue weighted by molar-refractivity contribution is 7.21. The van der Waals surface area contributed by atoms with Gasteiger partial charge >= 0.3 is 0 Å². The zero-order chi connectivity index (χ0) is 18.5. The van der Waals surface area contributed by atoms with Crippen LogP contribution in [-0.2, 0) is 7.05 Å². The smallest absolute Gasteiger partial charge is 0.268 e. The van der Waals surface area contributed by atoms with Crippen LogP contribution in [0, 0.1) is 17.0 Å². The minimum atomic E-state index is -0.338. The van der Waals surface area contributed by atoms with E-state index in [1.165, 1.54) is 17.4 Å². The maximum Gasteiger partial charge on any atom is 0.268 e. The SMILES string of the molecule is Cn1cc2cc(-c3nc4cn(C5CCB(C#N)CC5)nc4s3)cc(F)c2n1. The number of halogens is 1. The summed E-state index contributed by atoms with van der Waals surface area (Å²) < 4.78 is 18.0. The maximum atomic E-state index is 14.4. The van der Waals surface area contributed by atoms with Crippen LogP contribution >= 0.6 is 11.3 Å². The molecule has 0 bridgehead atoms. The molecule has 1 aliphatic rings. The fraction of sp³-hybridized carbons (Fsp3) is 0.333. The van der Waals surface area contributed by atoms with E-state index in [9.17, 15) is 4.39 Å². The summed E-state index contributed by atoms with van der Waals surface area (Å²) in [7, 11) is 1.78. The Bertz CT molecular complexity index is 1160. The summed E-state index contributed by atoms with van der Waals surface area (Å²) in [6.45, 7) is 0.181. The van der Waals surface area contributed by atoms with E-state index in [2.05, 4.69) is 16.1 Å². The Hall–Kier alpha value is -2.73. The van der Waals surface area contributed by atoms with Crippen molar-refractivity contribution in [3.63, 3.8) is 0 Å². The van der Waals surface area contributed by atoms with Gasteiger partial charge in [0.1, 0.15) is 16.0 Å². The van der Waals surface area contributed by atoms with Gasteiger partial charge in [-0.15, -0.1) is 0 Å². The Kier molecular flexibility index (Phi) is 3.76. The van der Waals surface area contributed by atoms with E-state index in [1.807, 2.05) is 16.9 Å². The predicted molar refractivity (Wildman–Crippen MR) is 104 cm³/mol. The normalized spacial score (nSPS) is 15.7. The van der Waals surface area contributed by atoms with Crippen LogP contribution < -0.4 is 0 Å². The summed E-state index contributed by atoms with van der Waals surface area (Å²) in [5.41, 5.74) is 1.96. The van der Waals surface area contributed by atoms with Gasteiger partial charge in [-0.3, -0.25) is 9.36 Å². The minimum Gasteiger partial charge on any atom is -0.274 e. The molecular formula is C18H16BFN6S. The second-order valence-electron chi connectivity index (χ2n) is 7.15. The number of hydrogen-bond donors (Lipinski definition) is 0. The molecule has 1 aliphatic heterocycles. The Morgan fingerprint density at radius 3 is 2.81 bits per heavy atom. The van der Waals surface area contributed by atoms with E-state index < -0.39 is 0 Å². The highest BCUT2D eigenvalue weighted by Crippen LogP contribution is 2.34. The molecule has 9 heteroatoms. The second-order valence-corrected chi connectivity index (χ2v) is 8.13. The number of aryl methyl sites for hydroxylation is 1. The molecule has 0 aliphatic carbocycles. The average Bonchev–Trinajstić information content (AvgIpc) is 3.34. The van der Waals surface area contributed by atoms with Gasteiger partial charge in [-0.1, -0.05) is 24.0 Å². The summed E-state index contributed by atoms with van der Waals surface area (Å²) in [6.07, 6.45) is 7.59. The summed E-state index contributed by atoms with van der Waals surface area (Å²) in [4.78, 5) is 5.53. The molecule has 1 aromatic carbocycles. The first kappa shape index (κ1) is 16.4. The van der Waals surface area contributed by atoms with Crippen molar-refractivity contribution in [2.24, 2.45) is 7.05 Å². The standard InChI is InChI=1S/C18H16BFN6S/c1-25-8-12-6-11(7-14(20)16(12)23-25)17-22-15-9-26(24-18(15)27-17)13-2-4-19(10-21)5-3-13/h6-9,13H,2-5H2,1H3. The second kappa shape index (κ2) is 6.17. The van der Waals surface area contributed by atoms with Crippen LogP contribution in [0.3, 0.4) is 0 Å². The lowest BCUT2D eigenvalue weighted by atomic mass is 9.42. The molecule has 0 unspecified atom stereocenters. The summed E-state index contributed by atoms with van der Waals surface area (Å²) in [6, 6.07) is 3.74. The first-order valence-corrected chi connectivity index (χ1v) is 9.81. The van der Waals surface area contributed by atoms with Gasteiger partial charge in [-0.2, -0.15) is 10.2 Å². The molecule has 27 heavy (non-hydrogen) atoms. The molecule has 5 rings (SSSR count). The van der Waals surface area contributed by atoms with Crippen molar-refractivity contribution in [1.29, 1.82) is 5.26 Å². The van der Waals surface area contributed by atoms with Crippen LogP contribution in [0.25, 0.3) is 31.8 Å². The first-order valence-electron chi connectivity index (χ1n) is 8.99. The number of thiazole rings is 1. The predicted octanol–water partition coefficient (Wildman–Crippen LogP) is 4.08. The topological polar surface area (TPSA) is 72.3 Å². The summed E-state index contributed by atoms with van der Waals surface area (Å²) in [5.74, 6) is 2.03. The highest BCUT2D eigenvalue weighted by atomic mass is 32.1. The minimum absolute atomic E-state index is 0.181. The van der Waals surface area contributed by atoms with Crippen LogP contribution in [0.2, 0.25) is 12.6 Å². The Labute approximate surface area is 159 Å². The molecule has 4 heterocycles. The zero-order valence-corrected chi connectivity index (χ0v) is 15.6. The van der Waals surface area contributed by atoms with Crippen molar-refractivity contribution in [2.45, 2.75) is 31.5 Å². The molecule has 0 atom stereocenters. The van der Waals surface area contributed by atoms with Crippen LogP contribution in [0.4, 0.5) is 4.39 Å². The van der Waals surface area contributed by atoms with Gasteiger partial charge < -0.3 is 0 Å². The van der Waals surface area contributed by atoms with Crippen molar-refractivity contribution < 1.29 is 4.39 Å². The Morgan fingerprint density at radius 2 is 2.07 bits per heavy atom. The average molecular weight is 378 g/mol. The molecule has 0 radical (unpaired) electrons. The molecular weight excluding hydrogens is 362 g/mol. The zero-order valence-electron chi connectivity index (χ0n) is 14.8. The van der Waals surface area contributed by atoms with Gasteiger partial charge in [0.15, 0.2) is 10.6 Å². The quantitative estimate of drug-likeness (QED) is 0.493. The van der Waals surface area contributed by atoms with E-state index >= 15 is 0 Å². The fourth-order valence-corrected chi connectivity index (χ4v) is 4.76. The Morgan fingerprint density at radius 1 is 1.26 bits per heavy atom. The van der Waals surface area contributed by atoms with Gasteiger partial charge in [-0.05, 0) is 25.0 Å². The molecule has 6 nitrogen and oxygen atoms in total. The van der Waals surface area contributed by atoms with E-state index in [-0.39, 0.29) is 12.5 Å². The number of nitrogens with zero attached hydrogens (tertiary/aromatic N) is 6. The lowest BCUT2D eigenvalue weighted by molar-refractivity contribution is 0.418. The third kappa shape index (κ3) is 2.81. The lowest BCUT2D eigenvalue weighted by Crippen LogP contribution is -2.22.